The molecule has 0 aromatic heterocycles. The Morgan fingerprint density at radius 2 is 1.96 bits per heavy atom. The summed E-state index contributed by atoms with van der Waals surface area (Å²) in [7, 11) is 0. The third-order valence-corrected chi connectivity index (χ3v) is 4.58. The van der Waals surface area contributed by atoms with Crippen LogP contribution in [-0.4, -0.2) is 19.1 Å². The van der Waals surface area contributed by atoms with Gasteiger partial charge in [-0.15, -0.1) is 0 Å². The Bertz CT molecular complexity index is 755. The number of halogens is 1. The number of nitrogens with one attached hydrogen (secondary N) is 1. The van der Waals surface area contributed by atoms with Crippen LogP contribution < -0.4 is 11.1 Å². The van der Waals surface area contributed by atoms with E-state index in [4.69, 9.17) is 10.5 Å². The lowest BCUT2D eigenvalue weighted by Crippen LogP contribution is -2.49. The highest BCUT2D eigenvalue weighted by Gasteiger charge is 2.36. The molecule has 3 N–H and O–H groups in total. The van der Waals surface area contributed by atoms with E-state index in [-0.39, 0.29) is 11.7 Å². The van der Waals surface area contributed by atoms with Gasteiger partial charge in [0.15, 0.2) is 0 Å². The standard InChI is InChI=1S/C19H21FN2O2/c1-13-5-6-16(21)12-17(13)18(23)22-19(7-9-24-10-8-19)14-3-2-4-15(20)11-14/h2-6,11-12H,7-10,21H2,1H3,(H,22,23). The van der Waals surface area contributed by atoms with E-state index in [0.717, 1.165) is 11.1 Å². The van der Waals surface area contributed by atoms with Crippen molar-refractivity contribution in [1.29, 1.82) is 0 Å². The van der Waals surface area contributed by atoms with Crippen molar-refractivity contribution < 1.29 is 13.9 Å². The summed E-state index contributed by atoms with van der Waals surface area (Å²) >= 11 is 0. The van der Waals surface area contributed by atoms with Gasteiger partial charge in [-0.25, -0.2) is 4.39 Å². The van der Waals surface area contributed by atoms with Crippen molar-refractivity contribution in [1.82, 2.24) is 5.32 Å². The Labute approximate surface area is 140 Å². The van der Waals surface area contributed by atoms with Crippen molar-refractivity contribution in [2.24, 2.45) is 0 Å². The van der Waals surface area contributed by atoms with Crippen LogP contribution in [0.15, 0.2) is 42.5 Å². The summed E-state index contributed by atoms with van der Waals surface area (Å²) in [5.74, 6) is -0.515. The molecule has 3 rings (SSSR count). The first-order chi connectivity index (χ1) is 11.5. The van der Waals surface area contributed by atoms with Crippen LogP contribution in [0.2, 0.25) is 0 Å². The Morgan fingerprint density at radius 1 is 1.21 bits per heavy atom. The summed E-state index contributed by atoms with van der Waals surface area (Å²) < 4.78 is 19.2. The van der Waals surface area contributed by atoms with E-state index in [2.05, 4.69) is 5.32 Å². The predicted octanol–water partition coefficient (Wildman–Crippen LogP) is 3.15. The number of aryl methyl sites for hydroxylation is 1. The second-order valence-corrected chi connectivity index (χ2v) is 6.23. The molecule has 0 saturated carbocycles. The molecule has 24 heavy (non-hydrogen) atoms. The van der Waals surface area contributed by atoms with Crippen LogP contribution in [0, 0.1) is 12.7 Å². The normalized spacial score (nSPS) is 16.6. The number of ether oxygens (including phenoxy) is 1. The smallest absolute Gasteiger partial charge is 0.252 e. The maximum Gasteiger partial charge on any atom is 0.252 e. The van der Waals surface area contributed by atoms with E-state index in [0.29, 0.717) is 37.3 Å². The Hall–Kier alpha value is -2.40. The molecule has 0 spiro atoms. The van der Waals surface area contributed by atoms with Gasteiger partial charge in [-0.1, -0.05) is 18.2 Å². The van der Waals surface area contributed by atoms with E-state index in [1.54, 1.807) is 18.2 Å². The molecule has 2 aromatic rings. The largest absolute Gasteiger partial charge is 0.399 e. The molecule has 126 valence electrons. The summed E-state index contributed by atoms with van der Waals surface area (Å²) in [5.41, 5.74) is 7.88. The SMILES string of the molecule is Cc1ccc(N)cc1C(=O)NC1(c2cccc(F)c2)CCOCC1. The number of nitrogens with two attached hydrogens (primary N) is 1. The molecule has 1 saturated heterocycles. The quantitative estimate of drug-likeness (QED) is 0.851. The summed E-state index contributed by atoms with van der Waals surface area (Å²) in [6, 6.07) is 11.7. The lowest BCUT2D eigenvalue weighted by atomic mass is 9.82. The zero-order valence-corrected chi connectivity index (χ0v) is 13.6. The number of nitrogen functional groups attached to an aromatic ring is 1. The number of rotatable bonds is 3. The van der Waals surface area contributed by atoms with Crippen LogP contribution in [0.3, 0.4) is 0 Å². The van der Waals surface area contributed by atoms with Gasteiger partial charge in [0, 0.05) is 24.5 Å². The van der Waals surface area contributed by atoms with Crippen molar-refractivity contribution in [3.05, 3.63) is 65.0 Å². The molecule has 1 aliphatic heterocycles. The number of carbonyl (C=O) groups excluding carboxylic acids is 1. The minimum absolute atomic E-state index is 0.203. The Morgan fingerprint density at radius 3 is 2.67 bits per heavy atom. The zero-order chi connectivity index (χ0) is 17.2. The van der Waals surface area contributed by atoms with E-state index in [9.17, 15) is 9.18 Å². The summed E-state index contributed by atoms with van der Waals surface area (Å²) in [5, 5.41) is 3.12. The van der Waals surface area contributed by atoms with E-state index in [1.807, 2.05) is 19.1 Å². The number of amides is 1. The first-order valence-corrected chi connectivity index (χ1v) is 8.03. The molecule has 0 unspecified atom stereocenters. The Balaban J connectivity index is 1.95. The van der Waals surface area contributed by atoms with Crippen LogP contribution in [0.4, 0.5) is 10.1 Å². The molecule has 2 aromatic carbocycles. The average molecular weight is 328 g/mol. The van der Waals surface area contributed by atoms with Gasteiger partial charge in [-0.2, -0.15) is 0 Å². The predicted molar refractivity (Wildman–Crippen MR) is 91.2 cm³/mol. The van der Waals surface area contributed by atoms with Gasteiger partial charge in [0.25, 0.3) is 5.91 Å². The summed E-state index contributed by atoms with van der Waals surface area (Å²) in [6.07, 6.45) is 1.20. The van der Waals surface area contributed by atoms with Gasteiger partial charge in [-0.05, 0) is 55.2 Å². The molecule has 5 heteroatoms. The van der Waals surface area contributed by atoms with Gasteiger partial charge >= 0.3 is 0 Å². The van der Waals surface area contributed by atoms with E-state index >= 15 is 0 Å². The van der Waals surface area contributed by atoms with Gasteiger partial charge < -0.3 is 15.8 Å². The molecule has 1 fully saturated rings. The minimum atomic E-state index is -0.630. The summed E-state index contributed by atoms with van der Waals surface area (Å²) in [4.78, 5) is 12.8. The molecule has 4 nitrogen and oxygen atoms in total. The maximum atomic E-state index is 13.7. The molecular weight excluding hydrogens is 307 g/mol. The second kappa shape index (κ2) is 6.61. The van der Waals surface area contributed by atoms with Crippen molar-refractivity contribution in [3.8, 4) is 0 Å². The van der Waals surface area contributed by atoms with Crippen molar-refractivity contribution in [2.45, 2.75) is 25.3 Å². The number of benzene rings is 2. The van der Waals surface area contributed by atoms with E-state index in [1.165, 1.54) is 12.1 Å². The number of anilines is 1. The highest BCUT2D eigenvalue weighted by molar-refractivity contribution is 5.97. The van der Waals surface area contributed by atoms with Crippen LogP contribution in [0.1, 0.15) is 34.3 Å². The van der Waals surface area contributed by atoms with Crippen molar-refractivity contribution >= 4 is 11.6 Å². The third-order valence-electron chi connectivity index (χ3n) is 4.58. The monoisotopic (exact) mass is 328 g/mol. The second-order valence-electron chi connectivity index (χ2n) is 6.23. The number of carbonyl (C=O) groups is 1. The van der Waals surface area contributed by atoms with Crippen LogP contribution in [0.25, 0.3) is 0 Å². The third kappa shape index (κ3) is 3.26. The number of hydrogen-bond acceptors (Lipinski definition) is 3. The van der Waals surface area contributed by atoms with Gasteiger partial charge in [0.05, 0.1) is 5.54 Å². The fourth-order valence-corrected chi connectivity index (χ4v) is 3.16. The van der Waals surface area contributed by atoms with E-state index < -0.39 is 5.54 Å². The lowest BCUT2D eigenvalue weighted by Gasteiger charge is -2.38. The molecule has 0 radical (unpaired) electrons. The highest BCUT2D eigenvalue weighted by Crippen LogP contribution is 2.33. The molecule has 1 heterocycles. The van der Waals surface area contributed by atoms with Crippen molar-refractivity contribution in [2.75, 3.05) is 18.9 Å². The zero-order valence-electron chi connectivity index (χ0n) is 13.6. The average Bonchev–Trinajstić information content (AvgIpc) is 2.58. The summed E-state index contributed by atoms with van der Waals surface area (Å²) in [6.45, 7) is 2.91. The first-order valence-electron chi connectivity index (χ1n) is 8.03. The topological polar surface area (TPSA) is 64.4 Å². The molecule has 0 bridgehead atoms. The molecule has 0 aliphatic carbocycles. The first kappa shape index (κ1) is 16.5. The highest BCUT2D eigenvalue weighted by atomic mass is 19.1. The van der Waals surface area contributed by atoms with Crippen LogP contribution in [0.5, 0.6) is 0 Å². The molecule has 0 atom stereocenters. The maximum absolute atomic E-state index is 13.7. The van der Waals surface area contributed by atoms with Crippen LogP contribution in [-0.2, 0) is 10.3 Å². The minimum Gasteiger partial charge on any atom is -0.399 e. The molecule has 1 aliphatic rings. The fraction of sp³-hybridized carbons (Fsp3) is 0.316. The number of hydrogen-bond donors (Lipinski definition) is 2. The molecule has 1 amide bonds. The van der Waals surface area contributed by atoms with Gasteiger partial charge in [0.2, 0.25) is 0 Å². The Kier molecular flexibility index (Phi) is 4.53. The van der Waals surface area contributed by atoms with Gasteiger partial charge in [-0.3, -0.25) is 4.79 Å². The van der Waals surface area contributed by atoms with Crippen LogP contribution >= 0.6 is 0 Å². The lowest BCUT2D eigenvalue weighted by molar-refractivity contribution is 0.0344. The molecular formula is C19H21FN2O2. The van der Waals surface area contributed by atoms with Crippen molar-refractivity contribution in [3.63, 3.8) is 0 Å². The van der Waals surface area contributed by atoms with Gasteiger partial charge in [0.1, 0.15) is 5.82 Å². The fourth-order valence-electron chi connectivity index (χ4n) is 3.16.